The standard InChI is InChI=1S/C32H38BrN3O5S/c1-23-17-18-30(41-3)29(19-23)36(42(39,40)28-15-8-5-9-16-28)22-31(37)35(21-25-11-10-12-26(33)20-25)24(2)32(38)34-27-13-6-4-7-14-27/h5,8-12,15-20,24,27H,4,6-7,13-14,21-22H2,1-3H3,(H,34,38)/t24-/m0/s1. The van der Waals surface area contributed by atoms with Gasteiger partial charge >= 0.3 is 0 Å². The molecular formula is C32H38BrN3O5S. The molecule has 0 bridgehead atoms. The average molecular weight is 657 g/mol. The van der Waals surface area contributed by atoms with Crippen LogP contribution in [0.5, 0.6) is 5.75 Å². The lowest BCUT2D eigenvalue weighted by Gasteiger charge is -2.33. The van der Waals surface area contributed by atoms with Crippen molar-refractivity contribution in [1.82, 2.24) is 10.2 Å². The third kappa shape index (κ3) is 7.72. The average Bonchev–Trinajstić information content (AvgIpc) is 2.99. The van der Waals surface area contributed by atoms with Crippen molar-refractivity contribution < 1.29 is 22.7 Å². The highest BCUT2D eigenvalue weighted by Crippen LogP contribution is 2.34. The molecule has 1 aliphatic rings. The van der Waals surface area contributed by atoms with Crippen LogP contribution in [0.4, 0.5) is 5.69 Å². The number of anilines is 1. The van der Waals surface area contributed by atoms with Crippen LogP contribution in [-0.2, 0) is 26.2 Å². The van der Waals surface area contributed by atoms with Crippen LogP contribution in [0.3, 0.4) is 0 Å². The van der Waals surface area contributed by atoms with Crippen molar-refractivity contribution in [2.24, 2.45) is 0 Å². The van der Waals surface area contributed by atoms with E-state index in [4.69, 9.17) is 4.74 Å². The Labute approximate surface area is 257 Å². The Morgan fingerprint density at radius 1 is 1.00 bits per heavy atom. The quantitative estimate of drug-likeness (QED) is 0.281. The SMILES string of the molecule is COc1ccc(C)cc1N(CC(=O)N(Cc1cccc(Br)c1)[C@@H](C)C(=O)NC1CCCCC1)S(=O)(=O)c1ccccc1. The topological polar surface area (TPSA) is 96.0 Å². The third-order valence-electron chi connectivity index (χ3n) is 7.57. The first-order chi connectivity index (χ1) is 20.1. The van der Waals surface area contributed by atoms with E-state index in [0.717, 1.165) is 52.0 Å². The summed E-state index contributed by atoms with van der Waals surface area (Å²) >= 11 is 3.48. The molecule has 1 fully saturated rings. The number of carbonyl (C=O) groups excluding carboxylic acids is 2. The van der Waals surface area contributed by atoms with Crippen molar-refractivity contribution in [3.05, 3.63) is 88.4 Å². The van der Waals surface area contributed by atoms with Gasteiger partial charge in [-0.15, -0.1) is 0 Å². The number of sulfonamides is 1. The first-order valence-corrected chi connectivity index (χ1v) is 16.4. The van der Waals surface area contributed by atoms with E-state index < -0.39 is 28.5 Å². The van der Waals surface area contributed by atoms with Crippen LogP contribution >= 0.6 is 15.9 Å². The largest absolute Gasteiger partial charge is 0.495 e. The minimum atomic E-state index is -4.18. The molecule has 2 amide bonds. The molecule has 0 aromatic heterocycles. The molecule has 1 aliphatic carbocycles. The molecule has 4 rings (SSSR count). The van der Waals surface area contributed by atoms with Gasteiger partial charge in [0.15, 0.2) is 0 Å². The van der Waals surface area contributed by atoms with Crippen LogP contribution in [0.1, 0.15) is 50.2 Å². The number of hydrogen-bond acceptors (Lipinski definition) is 5. The summed E-state index contributed by atoms with van der Waals surface area (Å²) in [4.78, 5) is 29.2. The molecular weight excluding hydrogens is 618 g/mol. The molecule has 1 saturated carbocycles. The fraction of sp³-hybridized carbons (Fsp3) is 0.375. The van der Waals surface area contributed by atoms with Crippen molar-refractivity contribution in [2.75, 3.05) is 18.0 Å². The summed E-state index contributed by atoms with van der Waals surface area (Å²) in [6, 6.07) is 19.9. The zero-order chi connectivity index (χ0) is 30.3. The summed E-state index contributed by atoms with van der Waals surface area (Å²) in [7, 11) is -2.72. The fourth-order valence-corrected chi connectivity index (χ4v) is 7.10. The van der Waals surface area contributed by atoms with Gasteiger partial charge in [-0.2, -0.15) is 0 Å². The van der Waals surface area contributed by atoms with E-state index in [1.807, 2.05) is 37.3 Å². The van der Waals surface area contributed by atoms with Crippen LogP contribution in [0.25, 0.3) is 0 Å². The molecule has 10 heteroatoms. The monoisotopic (exact) mass is 655 g/mol. The number of amides is 2. The molecule has 3 aromatic carbocycles. The second kappa shape index (κ2) is 14.2. The highest BCUT2D eigenvalue weighted by atomic mass is 79.9. The number of hydrogen-bond donors (Lipinski definition) is 1. The minimum Gasteiger partial charge on any atom is -0.495 e. The van der Waals surface area contributed by atoms with Gasteiger partial charge < -0.3 is 15.0 Å². The van der Waals surface area contributed by atoms with E-state index in [0.29, 0.717) is 5.75 Å². The summed E-state index contributed by atoms with van der Waals surface area (Å²) < 4.78 is 35.6. The predicted octanol–water partition coefficient (Wildman–Crippen LogP) is 5.83. The van der Waals surface area contributed by atoms with E-state index in [-0.39, 0.29) is 29.1 Å². The molecule has 3 aromatic rings. The Kier molecular flexibility index (Phi) is 10.7. The molecule has 0 radical (unpaired) electrons. The number of halogens is 1. The van der Waals surface area contributed by atoms with E-state index in [1.54, 1.807) is 37.3 Å². The van der Waals surface area contributed by atoms with Gasteiger partial charge in [-0.05, 0) is 74.2 Å². The lowest BCUT2D eigenvalue weighted by atomic mass is 9.95. The zero-order valence-corrected chi connectivity index (χ0v) is 26.7. The van der Waals surface area contributed by atoms with Crippen LogP contribution < -0.4 is 14.4 Å². The molecule has 0 spiro atoms. The Morgan fingerprint density at radius 2 is 1.71 bits per heavy atom. The maximum Gasteiger partial charge on any atom is 0.264 e. The van der Waals surface area contributed by atoms with Gasteiger partial charge in [-0.3, -0.25) is 13.9 Å². The van der Waals surface area contributed by atoms with Gasteiger partial charge in [-0.1, -0.05) is 71.6 Å². The lowest BCUT2D eigenvalue weighted by molar-refractivity contribution is -0.139. The number of nitrogens with zero attached hydrogens (tertiary/aromatic N) is 2. The van der Waals surface area contributed by atoms with E-state index >= 15 is 0 Å². The summed E-state index contributed by atoms with van der Waals surface area (Å²) in [5.41, 5.74) is 1.86. The summed E-state index contributed by atoms with van der Waals surface area (Å²) in [6.45, 7) is 3.14. The predicted molar refractivity (Wildman–Crippen MR) is 168 cm³/mol. The van der Waals surface area contributed by atoms with Gasteiger partial charge in [0.25, 0.3) is 10.0 Å². The molecule has 224 valence electrons. The number of rotatable bonds is 11. The highest BCUT2D eigenvalue weighted by molar-refractivity contribution is 9.10. The Morgan fingerprint density at radius 3 is 2.38 bits per heavy atom. The first-order valence-electron chi connectivity index (χ1n) is 14.2. The zero-order valence-electron chi connectivity index (χ0n) is 24.3. The van der Waals surface area contributed by atoms with Crippen LogP contribution in [0.15, 0.2) is 82.2 Å². The Hall–Kier alpha value is -3.37. The molecule has 0 aliphatic heterocycles. The molecule has 1 atom stereocenters. The van der Waals surface area contributed by atoms with Crippen LogP contribution in [-0.4, -0.2) is 50.9 Å². The third-order valence-corrected chi connectivity index (χ3v) is 9.84. The molecule has 42 heavy (non-hydrogen) atoms. The molecule has 8 nitrogen and oxygen atoms in total. The molecule has 0 saturated heterocycles. The molecule has 0 heterocycles. The number of ether oxygens (including phenoxy) is 1. The van der Waals surface area contributed by atoms with Gasteiger partial charge in [-0.25, -0.2) is 8.42 Å². The van der Waals surface area contributed by atoms with Crippen LogP contribution in [0.2, 0.25) is 0 Å². The highest BCUT2D eigenvalue weighted by Gasteiger charge is 2.34. The number of aryl methyl sites for hydroxylation is 1. The van der Waals surface area contributed by atoms with E-state index in [9.17, 15) is 18.0 Å². The maximum absolute atomic E-state index is 14.2. The van der Waals surface area contributed by atoms with Crippen molar-refractivity contribution >= 4 is 43.5 Å². The van der Waals surface area contributed by atoms with Crippen molar-refractivity contribution in [2.45, 2.75) is 69.5 Å². The first kappa shape index (κ1) is 31.6. The second-order valence-electron chi connectivity index (χ2n) is 10.7. The number of nitrogens with one attached hydrogen (secondary N) is 1. The van der Waals surface area contributed by atoms with Gasteiger partial charge in [0.2, 0.25) is 11.8 Å². The Bertz CT molecular complexity index is 1490. The summed E-state index contributed by atoms with van der Waals surface area (Å²) in [5, 5.41) is 3.12. The number of methoxy groups -OCH3 is 1. The summed E-state index contributed by atoms with van der Waals surface area (Å²) in [6.07, 6.45) is 5.10. The van der Waals surface area contributed by atoms with E-state index in [1.165, 1.54) is 24.1 Å². The van der Waals surface area contributed by atoms with Crippen molar-refractivity contribution in [3.8, 4) is 5.75 Å². The minimum absolute atomic E-state index is 0.0444. The van der Waals surface area contributed by atoms with E-state index in [2.05, 4.69) is 21.2 Å². The summed E-state index contributed by atoms with van der Waals surface area (Å²) in [5.74, 6) is -0.449. The fourth-order valence-electron chi connectivity index (χ4n) is 5.21. The number of benzene rings is 3. The van der Waals surface area contributed by atoms with Gasteiger partial charge in [0.05, 0.1) is 17.7 Å². The smallest absolute Gasteiger partial charge is 0.264 e. The van der Waals surface area contributed by atoms with Crippen LogP contribution in [0, 0.1) is 6.92 Å². The van der Waals surface area contributed by atoms with Gasteiger partial charge in [0, 0.05) is 17.1 Å². The van der Waals surface area contributed by atoms with Crippen molar-refractivity contribution in [3.63, 3.8) is 0 Å². The second-order valence-corrected chi connectivity index (χ2v) is 13.4. The Balaban J connectivity index is 1.72. The molecule has 1 N–H and O–H groups in total. The van der Waals surface area contributed by atoms with Gasteiger partial charge in [0.1, 0.15) is 18.3 Å². The molecule has 0 unspecified atom stereocenters. The van der Waals surface area contributed by atoms with Crippen molar-refractivity contribution in [1.29, 1.82) is 0 Å². The lowest BCUT2D eigenvalue weighted by Crippen LogP contribution is -2.53. The number of carbonyl (C=O) groups is 2. The maximum atomic E-state index is 14.2. The normalized spacial score (nSPS) is 14.6.